The number of hydrogen-bond donors (Lipinski definition) is 3. The van der Waals surface area contributed by atoms with Gasteiger partial charge in [0.1, 0.15) is 0 Å². The highest BCUT2D eigenvalue weighted by atomic mass is 32.1. The lowest BCUT2D eigenvalue weighted by Crippen LogP contribution is -2.43. The number of carbonyl (C=O) groups excluding carboxylic acids is 1. The summed E-state index contributed by atoms with van der Waals surface area (Å²) in [5, 5.41) is 13.9. The van der Waals surface area contributed by atoms with Crippen LogP contribution in [0.25, 0.3) is 21.8 Å². The first-order valence-corrected chi connectivity index (χ1v) is 13.6. The number of fused-ring (bicyclic) bond motifs is 3. The maximum atomic E-state index is 12.3. The summed E-state index contributed by atoms with van der Waals surface area (Å²) in [5.74, 6) is 0. The Bertz CT molecular complexity index is 1410. The van der Waals surface area contributed by atoms with Crippen molar-refractivity contribution >= 4 is 23.1 Å². The first-order chi connectivity index (χ1) is 18.0. The maximum Gasteiger partial charge on any atom is 0.319 e. The first kappa shape index (κ1) is 23.9. The van der Waals surface area contributed by atoms with Gasteiger partial charge in [-0.05, 0) is 55.4 Å². The minimum absolute atomic E-state index is 0.205. The van der Waals surface area contributed by atoms with E-state index in [0.29, 0.717) is 6.54 Å². The normalized spacial score (nSPS) is 15.4. The first-order valence-electron chi connectivity index (χ1n) is 12.8. The molecule has 0 saturated carbocycles. The molecule has 2 aromatic carbocycles. The van der Waals surface area contributed by atoms with E-state index in [-0.39, 0.29) is 6.03 Å². The van der Waals surface area contributed by atoms with E-state index in [1.54, 1.807) is 11.3 Å². The van der Waals surface area contributed by atoms with Crippen LogP contribution >= 0.6 is 11.3 Å². The van der Waals surface area contributed by atoms with Crippen LogP contribution in [-0.2, 0) is 19.5 Å². The molecule has 2 amide bonds. The highest BCUT2D eigenvalue weighted by molar-refractivity contribution is 7.15. The van der Waals surface area contributed by atoms with Crippen LogP contribution < -0.4 is 10.6 Å². The molecule has 1 saturated heterocycles. The van der Waals surface area contributed by atoms with Crippen LogP contribution in [0.4, 0.5) is 10.5 Å². The van der Waals surface area contributed by atoms with E-state index in [9.17, 15) is 4.79 Å². The van der Waals surface area contributed by atoms with Gasteiger partial charge in [0.05, 0.1) is 22.8 Å². The van der Waals surface area contributed by atoms with Gasteiger partial charge in [-0.25, -0.2) is 4.79 Å². The van der Waals surface area contributed by atoms with Crippen molar-refractivity contribution in [1.82, 2.24) is 25.3 Å². The third-order valence-corrected chi connectivity index (χ3v) is 8.41. The molecule has 3 N–H and O–H groups in total. The zero-order valence-electron chi connectivity index (χ0n) is 21.3. The van der Waals surface area contributed by atoms with Gasteiger partial charge in [0, 0.05) is 60.8 Å². The van der Waals surface area contributed by atoms with Crippen molar-refractivity contribution in [2.45, 2.75) is 26.4 Å². The molecule has 190 valence electrons. The molecule has 6 rings (SSSR count). The van der Waals surface area contributed by atoms with E-state index in [1.807, 2.05) is 31.2 Å². The topological polar surface area (TPSA) is 76.3 Å². The fourth-order valence-corrected chi connectivity index (χ4v) is 6.07. The average molecular weight is 513 g/mol. The van der Waals surface area contributed by atoms with Crippen molar-refractivity contribution in [3.05, 3.63) is 81.7 Å². The number of carbonyl (C=O) groups is 1. The van der Waals surface area contributed by atoms with Gasteiger partial charge in [-0.2, -0.15) is 5.10 Å². The van der Waals surface area contributed by atoms with Gasteiger partial charge in [0.2, 0.25) is 0 Å². The van der Waals surface area contributed by atoms with E-state index in [4.69, 9.17) is 5.10 Å². The highest BCUT2D eigenvalue weighted by Gasteiger charge is 2.26. The number of nitrogens with one attached hydrogen (secondary N) is 3. The summed E-state index contributed by atoms with van der Waals surface area (Å²) in [5.41, 5.74) is 9.35. The van der Waals surface area contributed by atoms with E-state index < -0.39 is 0 Å². The molecule has 7 nitrogen and oxygen atoms in total. The van der Waals surface area contributed by atoms with E-state index >= 15 is 0 Å². The molecule has 2 aliphatic rings. The molecule has 4 aromatic rings. The van der Waals surface area contributed by atoms with Gasteiger partial charge in [0.25, 0.3) is 0 Å². The molecule has 1 aliphatic heterocycles. The number of rotatable bonds is 6. The Morgan fingerprint density at radius 3 is 2.68 bits per heavy atom. The number of likely N-dealkylation sites (N-methyl/N-ethyl adjacent to an activating group) is 1. The van der Waals surface area contributed by atoms with Crippen LogP contribution in [0, 0.1) is 6.92 Å². The highest BCUT2D eigenvalue weighted by Crippen LogP contribution is 2.42. The molecular weight excluding hydrogens is 480 g/mol. The Balaban J connectivity index is 1.11. The Morgan fingerprint density at radius 2 is 1.86 bits per heavy atom. The van der Waals surface area contributed by atoms with Crippen LogP contribution in [0.2, 0.25) is 0 Å². The Labute approximate surface area is 221 Å². The molecule has 1 aliphatic carbocycles. The standard InChI is InChI=1S/C29H32N6OS/c1-19-3-7-22(8-4-19)31-29(36)30-17-23-9-10-26(37-23)28-25-16-21-6-5-20(15-24(21)27(25)32-33-28)18-35-13-11-34(2)12-14-35/h3-10,15H,11-14,16-18H2,1-2H3,(H,32,33)(H2,30,31,36). The van der Waals surface area contributed by atoms with Gasteiger partial charge in [-0.1, -0.05) is 29.8 Å². The number of H-pyrrole nitrogens is 1. The molecule has 0 bridgehead atoms. The second kappa shape index (κ2) is 10.1. The summed E-state index contributed by atoms with van der Waals surface area (Å²) in [4.78, 5) is 19.5. The van der Waals surface area contributed by atoms with Crippen molar-refractivity contribution in [2.24, 2.45) is 0 Å². The van der Waals surface area contributed by atoms with Crippen molar-refractivity contribution < 1.29 is 4.79 Å². The Hall–Kier alpha value is -3.46. The maximum absolute atomic E-state index is 12.3. The molecular formula is C29H32N6OS. The number of nitrogens with zero attached hydrogens (tertiary/aromatic N) is 3. The quantitative estimate of drug-likeness (QED) is 0.296. The van der Waals surface area contributed by atoms with Crippen LogP contribution in [0.3, 0.4) is 0 Å². The average Bonchev–Trinajstić information content (AvgIpc) is 3.61. The van der Waals surface area contributed by atoms with Crippen molar-refractivity contribution in [3.8, 4) is 21.8 Å². The van der Waals surface area contributed by atoms with Gasteiger partial charge >= 0.3 is 6.03 Å². The lowest BCUT2D eigenvalue weighted by atomic mass is 10.0. The number of benzene rings is 2. The number of aromatic amines is 1. The number of piperazine rings is 1. The molecule has 0 unspecified atom stereocenters. The number of urea groups is 1. The molecule has 3 heterocycles. The number of aryl methyl sites for hydroxylation is 1. The fraction of sp³-hybridized carbons (Fsp3) is 0.310. The minimum Gasteiger partial charge on any atom is -0.333 e. The summed E-state index contributed by atoms with van der Waals surface area (Å²) in [7, 11) is 2.19. The number of hydrogen-bond acceptors (Lipinski definition) is 5. The molecule has 1 fully saturated rings. The molecule has 0 radical (unpaired) electrons. The van der Waals surface area contributed by atoms with Gasteiger partial charge in [0.15, 0.2) is 0 Å². The molecule has 0 atom stereocenters. The van der Waals surface area contributed by atoms with Crippen LogP contribution in [0.1, 0.15) is 27.1 Å². The van der Waals surface area contributed by atoms with Crippen LogP contribution in [0.5, 0.6) is 0 Å². The SMILES string of the molecule is Cc1ccc(NC(=O)NCc2ccc(-c3[nH]nc4c3Cc3ccc(CN5CCN(C)CC5)cc3-4)s2)cc1. The molecule has 0 spiro atoms. The summed E-state index contributed by atoms with van der Waals surface area (Å²) in [6, 6.07) is 18.7. The van der Waals surface area contributed by atoms with E-state index in [2.05, 4.69) is 62.9 Å². The molecule has 8 heteroatoms. The zero-order valence-corrected chi connectivity index (χ0v) is 22.1. The van der Waals surface area contributed by atoms with Gasteiger partial charge in [-0.15, -0.1) is 11.3 Å². The lowest BCUT2D eigenvalue weighted by Gasteiger charge is -2.32. The molecule has 2 aromatic heterocycles. The number of aromatic nitrogens is 2. The summed E-state index contributed by atoms with van der Waals surface area (Å²) in [6.07, 6.45) is 0.899. The summed E-state index contributed by atoms with van der Waals surface area (Å²) < 4.78 is 0. The van der Waals surface area contributed by atoms with E-state index in [0.717, 1.165) is 71.5 Å². The largest absolute Gasteiger partial charge is 0.333 e. The van der Waals surface area contributed by atoms with Crippen molar-refractivity contribution in [2.75, 3.05) is 38.5 Å². The fourth-order valence-electron chi connectivity index (χ4n) is 5.10. The Kier molecular flexibility index (Phi) is 6.54. The second-order valence-corrected chi connectivity index (χ2v) is 11.3. The van der Waals surface area contributed by atoms with Crippen LogP contribution in [-0.4, -0.2) is 59.3 Å². The second-order valence-electron chi connectivity index (χ2n) is 10.1. The van der Waals surface area contributed by atoms with Crippen LogP contribution in [0.15, 0.2) is 54.6 Å². The monoisotopic (exact) mass is 512 g/mol. The minimum atomic E-state index is -0.205. The van der Waals surface area contributed by atoms with E-state index in [1.165, 1.54) is 22.3 Å². The summed E-state index contributed by atoms with van der Waals surface area (Å²) in [6.45, 7) is 8.00. The van der Waals surface area contributed by atoms with Gasteiger partial charge in [-0.3, -0.25) is 10.00 Å². The Morgan fingerprint density at radius 1 is 1.05 bits per heavy atom. The third kappa shape index (κ3) is 5.18. The van der Waals surface area contributed by atoms with Crippen molar-refractivity contribution in [1.29, 1.82) is 0 Å². The predicted molar refractivity (Wildman–Crippen MR) is 150 cm³/mol. The summed E-state index contributed by atoms with van der Waals surface area (Å²) >= 11 is 1.69. The number of thiophene rings is 1. The number of amides is 2. The predicted octanol–water partition coefficient (Wildman–Crippen LogP) is 5.09. The lowest BCUT2D eigenvalue weighted by molar-refractivity contribution is 0.148. The number of anilines is 1. The van der Waals surface area contributed by atoms with Gasteiger partial charge < -0.3 is 15.5 Å². The molecule has 37 heavy (non-hydrogen) atoms. The van der Waals surface area contributed by atoms with Crippen molar-refractivity contribution in [3.63, 3.8) is 0 Å². The third-order valence-electron chi connectivity index (χ3n) is 7.31. The smallest absolute Gasteiger partial charge is 0.319 e. The zero-order chi connectivity index (χ0) is 25.4.